The van der Waals surface area contributed by atoms with Gasteiger partial charge in [-0.1, -0.05) is 41.4 Å². The van der Waals surface area contributed by atoms with Gasteiger partial charge >= 0.3 is 5.97 Å². The summed E-state index contributed by atoms with van der Waals surface area (Å²) >= 11 is 6.23. The largest absolute Gasteiger partial charge is 0.465 e. The van der Waals surface area contributed by atoms with Crippen LogP contribution in [-0.2, 0) is 4.74 Å². The number of rotatable bonds is 2. The summed E-state index contributed by atoms with van der Waals surface area (Å²) in [5.74, 6) is 0.263. The van der Waals surface area contributed by atoms with Crippen molar-refractivity contribution in [2.75, 3.05) is 7.11 Å². The van der Waals surface area contributed by atoms with Crippen LogP contribution in [0.2, 0.25) is 5.15 Å². The third kappa shape index (κ3) is 2.28. The van der Waals surface area contributed by atoms with Gasteiger partial charge in [0.15, 0.2) is 5.15 Å². The first-order valence-corrected chi connectivity index (χ1v) is 6.81. The average molecular weight is 301 g/mol. The van der Waals surface area contributed by atoms with Crippen LogP contribution in [0.15, 0.2) is 42.6 Å². The van der Waals surface area contributed by atoms with E-state index >= 15 is 0 Å². The van der Waals surface area contributed by atoms with Gasteiger partial charge in [0.1, 0.15) is 5.82 Å². The number of aryl methyl sites for hydroxylation is 1. The third-order valence-electron chi connectivity index (χ3n) is 3.34. The summed E-state index contributed by atoms with van der Waals surface area (Å²) < 4.78 is 6.60. The van der Waals surface area contributed by atoms with E-state index in [0.29, 0.717) is 16.9 Å². The van der Waals surface area contributed by atoms with E-state index < -0.39 is 5.97 Å². The summed E-state index contributed by atoms with van der Waals surface area (Å²) in [6.45, 7) is 2.02. The Balaban J connectivity index is 2.27. The minimum absolute atomic E-state index is 0.284. The van der Waals surface area contributed by atoms with Crippen LogP contribution in [0.4, 0.5) is 0 Å². The molecule has 106 valence electrons. The van der Waals surface area contributed by atoms with Crippen LogP contribution in [0.25, 0.3) is 16.9 Å². The fourth-order valence-corrected chi connectivity index (χ4v) is 2.55. The van der Waals surface area contributed by atoms with Crippen LogP contribution >= 0.6 is 11.6 Å². The molecule has 5 heteroatoms. The Morgan fingerprint density at radius 2 is 1.95 bits per heavy atom. The second-order valence-corrected chi connectivity index (χ2v) is 5.08. The summed E-state index contributed by atoms with van der Waals surface area (Å²) in [7, 11) is 1.34. The molecular weight excluding hydrogens is 288 g/mol. The highest BCUT2D eigenvalue weighted by Crippen LogP contribution is 2.28. The Morgan fingerprint density at radius 3 is 2.62 bits per heavy atom. The second-order valence-electron chi connectivity index (χ2n) is 4.72. The van der Waals surface area contributed by atoms with Gasteiger partial charge in [0.25, 0.3) is 0 Å². The molecule has 0 saturated carbocycles. The van der Waals surface area contributed by atoms with Crippen LogP contribution in [0, 0.1) is 6.92 Å². The lowest BCUT2D eigenvalue weighted by Crippen LogP contribution is -2.03. The van der Waals surface area contributed by atoms with E-state index in [0.717, 1.165) is 5.56 Å². The summed E-state index contributed by atoms with van der Waals surface area (Å²) in [5.41, 5.74) is 3.06. The minimum atomic E-state index is -0.433. The van der Waals surface area contributed by atoms with Gasteiger partial charge < -0.3 is 4.74 Å². The number of hydrogen-bond acceptors (Lipinski definition) is 3. The van der Waals surface area contributed by atoms with Gasteiger partial charge in [-0.05, 0) is 19.1 Å². The van der Waals surface area contributed by atoms with Crippen molar-refractivity contribution in [3.63, 3.8) is 0 Å². The number of pyridine rings is 1. The fourth-order valence-electron chi connectivity index (χ4n) is 2.28. The maximum absolute atomic E-state index is 11.8. The Bertz CT molecular complexity index is 822. The van der Waals surface area contributed by atoms with E-state index in [4.69, 9.17) is 16.3 Å². The topological polar surface area (TPSA) is 43.6 Å². The zero-order chi connectivity index (χ0) is 15.0. The number of fused-ring (bicyclic) bond motifs is 1. The number of carbonyl (C=O) groups is 1. The van der Waals surface area contributed by atoms with E-state index in [1.165, 1.54) is 12.7 Å². The molecule has 0 aliphatic rings. The normalized spacial score (nSPS) is 10.8. The predicted octanol–water partition coefficient (Wildman–Crippen LogP) is 3.75. The Kier molecular flexibility index (Phi) is 3.39. The SMILES string of the molecule is COC(=O)c1cccn2c(-c3ccc(C)cc3)nc(Cl)c12. The Labute approximate surface area is 126 Å². The third-order valence-corrected chi connectivity index (χ3v) is 3.60. The molecule has 21 heavy (non-hydrogen) atoms. The number of carbonyl (C=O) groups excluding carboxylic acids is 1. The van der Waals surface area contributed by atoms with Gasteiger partial charge in [-0.15, -0.1) is 0 Å². The average Bonchev–Trinajstić information content (AvgIpc) is 2.85. The van der Waals surface area contributed by atoms with Crippen molar-refractivity contribution in [3.8, 4) is 11.4 Å². The molecule has 0 fully saturated rings. The molecule has 0 radical (unpaired) electrons. The molecule has 0 aliphatic heterocycles. The zero-order valence-electron chi connectivity index (χ0n) is 11.6. The standard InChI is InChI=1S/C16H13ClN2O2/c1-10-5-7-11(8-6-10)15-18-14(17)13-12(16(20)21-2)4-3-9-19(13)15/h3-9H,1-2H3. The highest BCUT2D eigenvalue weighted by Gasteiger charge is 2.18. The monoisotopic (exact) mass is 300 g/mol. The van der Waals surface area contributed by atoms with Crippen molar-refractivity contribution in [1.82, 2.24) is 9.38 Å². The zero-order valence-corrected chi connectivity index (χ0v) is 12.4. The molecule has 1 aromatic carbocycles. The maximum Gasteiger partial charge on any atom is 0.340 e. The molecule has 0 amide bonds. The second kappa shape index (κ2) is 5.22. The highest BCUT2D eigenvalue weighted by molar-refractivity contribution is 6.33. The van der Waals surface area contributed by atoms with Gasteiger partial charge in [-0.2, -0.15) is 0 Å². The lowest BCUT2D eigenvalue weighted by molar-refractivity contribution is 0.0602. The molecule has 4 nitrogen and oxygen atoms in total. The maximum atomic E-state index is 11.8. The summed E-state index contributed by atoms with van der Waals surface area (Å²) in [4.78, 5) is 16.2. The number of hydrogen-bond donors (Lipinski definition) is 0. The van der Waals surface area contributed by atoms with Crippen LogP contribution in [0.3, 0.4) is 0 Å². The molecule has 3 rings (SSSR count). The van der Waals surface area contributed by atoms with Crippen molar-refractivity contribution >= 4 is 23.1 Å². The predicted molar refractivity (Wildman–Crippen MR) is 81.7 cm³/mol. The molecule has 0 aliphatic carbocycles. The number of esters is 1. The number of imidazole rings is 1. The van der Waals surface area contributed by atoms with Gasteiger partial charge in [-0.3, -0.25) is 4.40 Å². The number of methoxy groups -OCH3 is 1. The Hall–Kier alpha value is -2.33. The van der Waals surface area contributed by atoms with Crippen LogP contribution < -0.4 is 0 Å². The molecule has 0 spiro atoms. The van der Waals surface area contributed by atoms with Crippen molar-refractivity contribution < 1.29 is 9.53 Å². The van der Waals surface area contributed by atoms with Crippen LogP contribution in [0.1, 0.15) is 15.9 Å². The van der Waals surface area contributed by atoms with Crippen LogP contribution in [0.5, 0.6) is 0 Å². The quantitative estimate of drug-likeness (QED) is 0.677. The van der Waals surface area contributed by atoms with E-state index in [9.17, 15) is 4.79 Å². The van der Waals surface area contributed by atoms with Gasteiger partial charge in [0, 0.05) is 11.8 Å². The number of halogens is 1. The van der Waals surface area contributed by atoms with Gasteiger partial charge in [0.05, 0.1) is 18.2 Å². The first kappa shape index (κ1) is 13.6. The first-order chi connectivity index (χ1) is 10.1. The lowest BCUT2D eigenvalue weighted by atomic mass is 10.1. The fraction of sp³-hybridized carbons (Fsp3) is 0.125. The number of benzene rings is 1. The number of ether oxygens (including phenoxy) is 1. The van der Waals surface area contributed by atoms with E-state index in [1.54, 1.807) is 16.5 Å². The molecule has 0 unspecified atom stereocenters. The molecular formula is C16H13ClN2O2. The summed E-state index contributed by atoms with van der Waals surface area (Å²) in [6.07, 6.45) is 1.83. The minimum Gasteiger partial charge on any atom is -0.465 e. The van der Waals surface area contributed by atoms with Crippen molar-refractivity contribution in [2.24, 2.45) is 0 Å². The molecule has 0 N–H and O–H groups in total. The van der Waals surface area contributed by atoms with Crippen molar-refractivity contribution in [1.29, 1.82) is 0 Å². The molecule has 0 bridgehead atoms. The molecule has 3 aromatic rings. The Morgan fingerprint density at radius 1 is 1.24 bits per heavy atom. The lowest BCUT2D eigenvalue weighted by Gasteiger charge is -2.05. The van der Waals surface area contributed by atoms with E-state index in [-0.39, 0.29) is 5.15 Å². The molecule has 2 aromatic heterocycles. The molecule has 2 heterocycles. The summed E-state index contributed by atoms with van der Waals surface area (Å²) in [5, 5.41) is 0.284. The highest BCUT2D eigenvalue weighted by atomic mass is 35.5. The molecule has 0 saturated heterocycles. The van der Waals surface area contributed by atoms with E-state index in [2.05, 4.69) is 4.98 Å². The van der Waals surface area contributed by atoms with Gasteiger partial charge in [-0.25, -0.2) is 9.78 Å². The van der Waals surface area contributed by atoms with Gasteiger partial charge in [0.2, 0.25) is 0 Å². The smallest absolute Gasteiger partial charge is 0.340 e. The van der Waals surface area contributed by atoms with Crippen molar-refractivity contribution in [3.05, 3.63) is 58.9 Å². The first-order valence-electron chi connectivity index (χ1n) is 6.43. The van der Waals surface area contributed by atoms with E-state index in [1.807, 2.05) is 37.4 Å². The molecule has 0 atom stereocenters. The number of aromatic nitrogens is 2. The number of nitrogens with zero attached hydrogens (tertiary/aromatic N) is 2. The van der Waals surface area contributed by atoms with Crippen molar-refractivity contribution in [2.45, 2.75) is 6.92 Å². The summed E-state index contributed by atoms with van der Waals surface area (Å²) in [6, 6.07) is 11.4. The van der Waals surface area contributed by atoms with Crippen LogP contribution in [-0.4, -0.2) is 22.5 Å².